The lowest BCUT2D eigenvalue weighted by Gasteiger charge is -2.39. The van der Waals surface area contributed by atoms with Crippen molar-refractivity contribution in [2.75, 3.05) is 6.54 Å². The summed E-state index contributed by atoms with van der Waals surface area (Å²) in [5, 5.41) is 9.58. The Morgan fingerprint density at radius 1 is 0.958 bits per heavy atom. The summed E-state index contributed by atoms with van der Waals surface area (Å²) in [6, 6.07) is 11.2. The van der Waals surface area contributed by atoms with Crippen LogP contribution in [0.2, 0.25) is 0 Å². The van der Waals surface area contributed by atoms with Crippen LogP contribution in [-0.4, -0.2) is 28.6 Å². The van der Waals surface area contributed by atoms with Crippen LogP contribution in [0.5, 0.6) is 0 Å². The number of benzene rings is 2. The van der Waals surface area contributed by atoms with Crippen LogP contribution in [0.4, 0.5) is 8.78 Å². The van der Waals surface area contributed by atoms with Gasteiger partial charge in [-0.25, -0.2) is 8.78 Å². The highest BCUT2D eigenvalue weighted by Gasteiger charge is 2.35. The van der Waals surface area contributed by atoms with E-state index < -0.39 is 12.0 Å². The molecule has 0 amide bonds. The molecule has 0 saturated carbocycles. The molecular weight excluding hydrogens is 312 g/mol. The van der Waals surface area contributed by atoms with Gasteiger partial charge in [-0.2, -0.15) is 0 Å². The van der Waals surface area contributed by atoms with Crippen molar-refractivity contribution < 1.29 is 18.7 Å². The third kappa shape index (κ3) is 3.46. The number of likely N-dealkylation sites (tertiary alicyclic amines) is 1. The number of hydrogen-bond acceptors (Lipinski definition) is 2. The molecule has 1 fully saturated rings. The van der Waals surface area contributed by atoms with Crippen molar-refractivity contribution in [1.82, 2.24) is 4.90 Å². The molecule has 2 aromatic carbocycles. The molecule has 24 heavy (non-hydrogen) atoms. The van der Waals surface area contributed by atoms with E-state index in [4.69, 9.17) is 0 Å². The van der Waals surface area contributed by atoms with Crippen LogP contribution in [0.3, 0.4) is 0 Å². The second kappa shape index (κ2) is 7.09. The number of piperidine rings is 1. The van der Waals surface area contributed by atoms with Crippen LogP contribution in [-0.2, 0) is 4.79 Å². The molecule has 1 aliphatic heterocycles. The number of nitrogens with zero attached hydrogens (tertiary/aromatic N) is 1. The van der Waals surface area contributed by atoms with E-state index in [1.165, 1.54) is 24.3 Å². The Kier molecular flexibility index (Phi) is 4.90. The maximum Gasteiger partial charge on any atom is 0.320 e. The molecule has 0 aliphatic carbocycles. The third-order valence-electron chi connectivity index (χ3n) is 4.53. The van der Waals surface area contributed by atoms with Crippen LogP contribution >= 0.6 is 0 Å². The van der Waals surface area contributed by atoms with E-state index in [1.807, 2.05) is 4.90 Å². The smallest absolute Gasteiger partial charge is 0.320 e. The zero-order valence-electron chi connectivity index (χ0n) is 13.2. The topological polar surface area (TPSA) is 40.5 Å². The Morgan fingerprint density at radius 2 is 1.46 bits per heavy atom. The summed E-state index contributed by atoms with van der Waals surface area (Å²) in [5.41, 5.74) is 1.60. The maximum absolute atomic E-state index is 13.3. The fourth-order valence-electron chi connectivity index (χ4n) is 3.39. The van der Waals surface area contributed by atoms with Crippen molar-refractivity contribution in [3.63, 3.8) is 0 Å². The van der Waals surface area contributed by atoms with Gasteiger partial charge in [-0.05, 0) is 54.8 Å². The predicted octanol–water partition coefficient (Wildman–Crippen LogP) is 3.99. The molecule has 3 nitrogen and oxygen atoms in total. The Labute approximate surface area is 139 Å². The first-order chi connectivity index (χ1) is 11.6. The molecule has 0 spiro atoms. The summed E-state index contributed by atoms with van der Waals surface area (Å²) in [5.74, 6) is -1.54. The van der Waals surface area contributed by atoms with Gasteiger partial charge >= 0.3 is 5.97 Å². The second-order valence-electron chi connectivity index (χ2n) is 6.09. The van der Waals surface area contributed by atoms with Gasteiger partial charge in [0, 0.05) is 0 Å². The van der Waals surface area contributed by atoms with Gasteiger partial charge in [0.1, 0.15) is 17.7 Å². The number of carboxylic acids is 1. The minimum atomic E-state index is -0.857. The van der Waals surface area contributed by atoms with E-state index >= 15 is 0 Å². The maximum atomic E-state index is 13.3. The van der Waals surface area contributed by atoms with Crippen molar-refractivity contribution in [2.45, 2.75) is 31.3 Å². The first-order valence-electron chi connectivity index (χ1n) is 8.06. The summed E-state index contributed by atoms with van der Waals surface area (Å²) in [6.45, 7) is 0.635. The summed E-state index contributed by atoms with van der Waals surface area (Å²) in [4.78, 5) is 13.6. The van der Waals surface area contributed by atoms with Gasteiger partial charge in [-0.1, -0.05) is 30.7 Å². The van der Waals surface area contributed by atoms with E-state index in [0.29, 0.717) is 13.0 Å². The lowest BCUT2D eigenvalue weighted by molar-refractivity contribution is -0.145. The van der Waals surface area contributed by atoms with E-state index in [2.05, 4.69) is 0 Å². The lowest BCUT2D eigenvalue weighted by atomic mass is 9.91. The molecule has 1 heterocycles. The highest BCUT2D eigenvalue weighted by molar-refractivity contribution is 5.73. The molecule has 0 bridgehead atoms. The molecule has 5 heteroatoms. The average Bonchev–Trinajstić information content (AvgIpc) is 2.59. The minimum Gasteiger partial charge on any atom is -0.480 e. The Morgan fingerprint density at radius 3 is 1.92 bits per heavy atom. The molecule has 3 rings (SSSR count). The number of carboxylic acid groups (broad SMARTS) is 1. The Bertz CT molecular complexity index is 655. The van der Waals surface area contributed by atoms with Crippen LogP contribution in [0.1, 0.15) is 36.4 Å². The van der Waals surface area contributed by atoms with Crippen molar-refractivity contribution in [2.24, 2.45) is 0 Å². The molecule has 1 N–H and O–H groups in total. The molecule has 0 aromatic heterocycles. The first-order valence-corrected chi connectivity index (χ1v) is 8.06. The molecule has 1 unspecified atom stereocenters. The number of carbonyl (C=O) groups is 1. The number of hydrogen-bond donors (Lipinski definition) is 1. The second-order valence-corrected chi connectivity index (χ2v) is 6.09. The Balaban J connectivity index is 2.05. The van der Waals surface area contributed by atoms with E-state index in [9.17, 15) is 18.7 Å². The minimum absolute atomic E-state index is 0.340. The molecule has 1 atom stereocenters. The first kappa shape index (κ1) is 16.6. The van der Waals surface area contributed by atoms with Gasteiger partial charge in [-0.15, -0.1) is 0 Å². The van der Waals surface area contributed by atoms with E-state index in [-0.39, 0.29) is 17.7 Å². The summed E-state index contributed by atoms with van der Waals surface area (Å²) >= 11 is 0. The van der Waals surface area contributed by atoms with E-state index in [0.717, 1.165) is 24.0 Å². The predicted molar refractivity (Wildman–Crippen MR) is 86.6 cm³/mol. The quantitative estimate of drug-likeness (QED) is 0.921. The lowest BCUT2D eigenvalue weighted by Crippen LogP contribution is -2.46. The van der Waals surface area contributed by atoms with Crippen molar-refractivity contribution in [1.29, 1.82) is 0 Å². The monoisotopic (exact) mass is 331 g/mol. The molecule has 1 saturated heterocycles. The zero-order chi connectivity index (χ0) is 17.1. The zero-order valence-corrected chi connectivity index (χ0v) is 13.2. The largest absolute Gasteiger partial charge is 0.480 e. The van der Waals surface area contributed by atoms with Gasteiger partial charge < -0.3 is 5.11 Å². The van der Waals surface area contributed by atoms with Crippen molar-refractivity contribution >= 4 is 5.97 Å². The highest BCUT2D eigenvalue weighted by Crippen LogP contribution is 2.34. The van der Waals surface area contributed by atoms with Gasteiger partial charge in [0.05, 0.1) is 6.04 Å². The number of halogens is 2. The summed E-state index contributed by atoms with van der Waals surface area (Å²) < 4.78 is 26.6. The normalized spacial score (nSPS) is 18.7. The fraction of sp³-hybridized carbons (Fsp3) is 0.316. The van der Waals surface area contributed by atoms with E-state index in [1.54, 1.807) is 24.3 Å². The van der Waals surface area contributed by atoms with Crippen molar-refractivity contribution in [3.05, 3.63) is 71.3 Å². The van der Waals surface area contributed by atoms with Crippen LogP contribution < -0.4 is 0 Å². The number of aliphatic carboxylic acids is 1. The molecule has 126 valence electrons. The molecule has 1 aliphatic rings. The summed E-state index contributed by atoms with van der Waals surface area (Å²) in [6.07, 6.45) is 2.35. The Hall–Kier alpha value is -2.27. The van der Waals surface area contributed by atoms with Gasteiger partial charge in [-0.3, -0.25) is 9.69 Å². The van der Waals surface area contributed by atoms with Crippen LogP contribution in [0, 0.1) is 11.6 Å². The van der Waals surface area contributed by atoms with Crippen molar-refractivity contribution in [3.8, 4) is 0 Å². The number of rotatable bonds is 4. The van der Waals surface area contributed by atoms with Crippen LogP contribution in [0.25, 0.3) is 0 Å². The fourth-order valence-corrected chi connectivity index (χ4v) is 3.39. The van der Waals surface area contributed by atoms with Gasteiger partial charge in [0.2, 0.25) is 0 Å². The highest BCUT2D eigenvalue weighted by atomic mass is 19.1. The van der Waals surface area contributed by atoms with Crippen LogP contribution in [0.15, 0.2) is 48.5 Å². The summed E-state index contributed by atoms with van der Waals surface area (Å²) in [7, 11) is 0. The SMILES string of the molecule is O=C(O)C1CCCCN1C(c1ccc(F)cc1)c1ccc(F)cc1. The molecular formula is C19H19F2NO2. The standard InChI is InChI=1S/C19H19F2NO2/c20-15-8-4-13(5-9-15)18(14-6-10-16(21)11-7-14)22-12-2-1-3-17(22)19(23)24/h4-11,17-18H,1-3,12H2,(H,23,24). The molecule has 2 aromatic rings. The average molecular weight is 331 g/mol. The van der Waals surface area contributed by atoms with Gasteiger partial charge in [0.15, 0.2) is 0 Å². The van der Waals surface area contributed by atoms with Gasteiger partial charge in [0.25, 0.3) is 0 Å². The third-order valence-corrected chi connectivity index (χ3v) is 4.53. The molecule has 0 radical (unpaired) electrons.